The molecule has 1 amide bonds. The first-order chi connectivity index (χ1) is 14.1. The Morgan fingerprint density at radius 2 is 1.90 bits per heavy atom. The van der Waals surface area contributed by atoms with Gasteiger partial charge in [-0.05, 0) is 55.3 Å². The van der Waals surface area contributed by atoms with Gasteiger partial charge in [0.25, 0.3) is 0 Å². The highest BCUT2D eigenvalue weighted by Gasteiger charge is 2.08. The summed E-state index contributed by atoms with van der Waals surface area (Å²) in [5.74, 6) is 0.545. The van der Waals surface area contributed by atoms with Crippen LogP contribution in [0.4, 0.5) is 5.69 Å². The van der Waals surface area contributed by atoms with Crippen LogP contribution in [0.2, 0.25) is 0 Å². The SMILES string of the molecule is CCCCOC(=O)c1cccc(NC(=O)C=Cc2ccc(OCC)c(OC)c2)c1. The van der Waals surface area contributed by atoms with Gasteiger partial charge in [0.05, 0.1) is 25.9 Å². The fourth-order valence-electron chi connectivity index (χ4n) is 2.53. The van der Waals surface area contributed by atoms with Crippen LogP contribution in [-0.4, -0.2) is 32.2 Å². The van der Waals surface area contributed by atoms with Crippen LogP contribution in [-0.2, 0) is 9.53 Å². The molecule has 2 aromatic rings. The molecule has 0 saturated carbocycles. The van der Waals surface area contributed by atoms with Gasteiger partial charge >= 0.3 is 5.97 Å². The molecule has 29 heavy (non-hydrogen) atoms. The first-order valence-corrected chi connectivity index (χ1v) is 9.64. The highest BCUT2D eigenvalue weighted by molar-refractivity contribution is 6.02. The number of hydrogen-bond acceptors (Lipinski definition) is 5. The normalized spacial score (nSPS) is 10.6. The van der Waals surface area contributed by atoms with Gasteiger partial charge in [0.15, 0.2) is 11.5 Å². The van der Waals surface area contributed by atoms with Crippen LogP contribution < -0.4 is 14.8 Å². The van der Waals surface area contributed by atoms with Crippen LogP contribution in [0, 0.1) is 0 Å². The Morgan fingerprint density at radius 1 is 1.07 bits per heavy atom. The Balaban J connectivity index is 2.00. The third kappa shape index (κ3) is 6.99. The second-order valence-corrected chi connectivity index (χ2v) is 6.24. The van der Waals surface area contributed by atoms with Crippen molar-refractivity contribution < 1.29 is 23.8 Å². The van der Waals surface area contributed by atoms with Crippen LogP contribution in [0.5, 0.6) is 11.5 Å². The minimum absolute atomic E-state index is 0.311. The predicted molar refractivity (Wildman–Crippen MR) is 113 cm³/mol. The Morgan fingerprint density at radius 3 is 2.62 bits per heavy atom. The van der Waals surface area contributed by atoms with Crippen molar-refractivity contribution in [2.75, 3.05) is 25.6 Å². The highest BCUT2D eigenvalue weighted by Crippen LogP contribution is 2.28. The molecule has 6 nitrogen and oxygen atoms in total. The number of carbonyl (C=O) groups excluding carboxylic acids is 2. The van der Waals surface area contributed by atoms with Crippen LogP contribution in [0.15, 0.2) is 48.5 Å². The van der Waals surface area contributed by atoms with E-state index in [0.717, 1.165) is 18.4 Å². The van der Waals surface area contributed by atoms with Gasteiger partial charge < -0.3 is 19.5 Å². The number of amides is 1. The molecule has 0 unspecified atom stereocenters. The lowest BCUT2D eigenvalue weighted by Gasteiger charge is -2.09. The van der Waals surface area contributed by atoms with Crippen LogP contribution in [0.3, 0.4) is 0 Å². The number of hydrogen-bond donors (Lipinski definition) is 1. The van der Waals surface area contributed by atoms with Crippen molar-refractivity contribution in [3.8, 4) is 11.5 Å². The third-order valence-corrected chi connectivity index (χ3v) is 4.01. The summed E-state index contributed by atoms with van der Waals surface area (Å²) in [6.07, 6.45) is 4.87. The van der Waals surface area contributed by atoms with Gasteiger partial charge in [-0.1, -0.05) is 25.5 Å². The van der Waals surface area contributed by atoms with Gasteiger partial charge in [-0.25, -0.2) is 4.79 Å². The zero-order valence-corrected chi connectivity index (χ0v) is 17.1. The van der Waals surface area contributed by atoms with Crippen LogP contribution in [0.1, 0.15) is 42.6 Å². The average Bonchev–Trinajstić information content (AvgIpc) is 2.73. The number of anilines is 1. The van der Waals surface area contributed by atoms with E-state index in [0.29, 0.717) is 36.0 Å². The molecule has 0 aliphatic carbocycles. The summed E-state index contributed by atoms with van der Waals surface area (Å²) in [6, 6.07) is 12.1. The molecular weight excluding hydrogens is 370 g/mol. The zero-order chi connectivity index (χ0) is 21.1. The van der Waals surface area contributed by atoms with E-state index in [-0.39, 0.29) is 5.91 Å². The van der Waals surface area contributed by atoms with Crippen molar-refractivity contribution in [1.82, 2.24) is 0 Å². The summed E-state index contributed by atoms with van der Waals surface area (Å²) in [5.41, 5.74) is 1.72. The molecule has 6 heteroatoms. The second kappa shape index (κ2) is 11.5. The largest absolute Gasteiger partial charge is 0.493 e. The number of benzene rings is 2. The maximum absolute atomic E-state index is 12.2. The van der Waals surface area contributed by atoms with Crippen molar-refractivity contribution >= 4 is 23.6 Å². The number of methoxy groups -OCH3 is 1. The lowest BCUT2D eigenvalue weighted by molar-refractivity contribution is -0.111. The molecule has 154 valence electrons. The molecule has 0 heterocycles. The van der Waals surface area contributed by atoms with Crippen molar-refractivity contribution in [3.63, 3.8) is 0 Å². The Hall–Kier alpha value is -3.28. The van der Waals surface area contributed by atoms with E-state index >= 15 is 0 Å². The van der Waals surface area contributed by atoms with Gasteiger partial charge in [0.1, 0.15) is 0 Å². The van der Waals surface area contributed by atoms with E-state index in [4.69, 9.17) is 14.2 Å². The number of esters is 1. The molecule has 0 radical (unpaired) electrons. The van der Waals surface area contributed by atoms with E-state index in [1.54, 1.807) is 49.6 Å². The van der Waals surface area contributed by atoms with Gasteiger partial charge in [-0.3, -0.25) is 4.79 Å². The Labute approximate surface area is 171 Å². The minimum atomic E-state index is -0.397. The quantitative estimate of drug-likeness (QED) is 0.357. The number of ether oxygens (including phenoxy) is 3. The van der Waals surface area contributed by atoms with Crippen LogP contribution >= 0.6 is 0 Å². The van der Waals surface area contributed by atoms with Crippen molar-refractivity contribution in [1.29, 1.82) is 0 Å². The molecule has 0 atom stereocenters. The molecule has 0 aliphatic rings. The summed E-state index contributed by atoms with van der Waals surface area (Å²) in [6.45, 7) is 4.86. The first-order valence-electron chi connectivity index (χ1n) is 9.64. The average molecular weight is 397 g/mol. The van der Waals surface area contributed by atoms with Gasteiger partial charge in [0, 0.05) is 11.8 Å². The van der Waals surface area contributed by atoms with Crippen molar-refractivity contribution in [2.45, 2.75) is 26.7 Å². The topological polar surface area (TPSA) is 73.9 Å². The first kappa shape index (κ1) is 22.0. The fraction of sp³-hybridized carbons (Fsp3) is 0.304. The van der Waals surface area contributed by atoms with Gasteiger partial charge in [-0.2, -0.15) is 0 Å². The minimum Gasteiger partial charge on any atom is -0.493 e. The number of rotatable bonds is 10. The summed E-state index contributed by atoms with van der Waals surface area (Å²) in [5, 5.41) is 2.75. The Bertz CT molecular complexity index is 860. The van der Waals surface area contributed by atoms with Crippen molar-refractivity contribution in [3.05, 3.63) is 59.7 Å². The summed E-state index contributed by atoms with van der Waals surface area (Å²) < 4.78 is 16.0. The monoisotopic (exact) mass is 397 g/mol. The molecule has 0 aromatic heterocycles. The molecule has 2 aromatic carbocycles. The second-order valence-electron chi connectivity index (χ2n) is 6.24. The molecule has 0 bridgehead atoms. The maximum atomic E-state index is 12.2. The molecule has 0 spiro atoms. The van der Waals surface area contributed by atoms with E-state index in [1.807, 2.05) is 19.9 Å². The van der Waals surface area contributed by atoms with E-state index in [9.17, 15) is 9.59 Å². The fourth-order valence-corrected chi connectivity index (χ4v) is 2.53. The van der Waals surface area contributed by atoms with E-state index in [2.05, 4.69) is 5.32 Å². The molecular formula is C23H27NO5. The van der Waals surface area contributed by atoms with Crippen molar-refractivity contribution in [2.24, 2.45) is 0 Å². The maximum Gasteiger partial charge on any atom is 0.338 e. The number of carbonyl (C=O) groups is 2. The van der Waals surface area contributed by atoms with Crippen LogP contribution in [0.25, 0.3) is 6.08 Å². The third-order valence-electron chi connectivity index (χ3n) is 4.01. The molecule has 1 N–H and O–H groups in total. The highest BCUT2D eigenvalue weighted by atomic mass is 16.5. The number of nitrogens with one attached hydrogen (secondary N) is 1. The molecule has 0 fully saturated rings. The molecule has 0 aliphatic heterocycles. The summed E-state index contributed by atoms with van der Waals surface area (Å²) >= 11 is 0. The standard InChI is InChI=1S/C23H27NO5/c1-4-6-14-29-23(26)18-8-7-9-19(16-18)24-22(25)13-11-17-10-12-20(28-5-2)21(15-17)27-3/h7-13,15-16H,4-6,14H2,1-3H3,(H,24,25). The smallest absolute Gasteiger partial charge is 0.338 e. The van der Waals surface area contributed by atoms with E-state index < -0.39 is 5.97 Å². The zero-order valence-electron chi connectivity index (χ0n) is 17.1. The lowest BCUT2D eigenvalue weighted by atomic mass is 10.1. The molecule has 0 saturated heterocycles. The van der Waals surface area contributed by atoms with E-state index in [1.165, 1.54) is 6.08 Å². The predicted octanol–water partition coefficient (Wildman–Crippen LogP) is 4.70. The lowest BCUT2D eigenvalue weighted by Crippen LogP contribution is -2.10. The Kier molecular flexibility index (Phi) is 8.76. The number of unbranched alkanes of at least 4 members (excludes halogenated alkanes) is 1. The molecule has 2 rings (SSSR count). The summed E-state index contributed by atoms with van der Waals surface area (Å²) in [7, 11) is 1.57. The van der Waals surface area contributed by atoms with Gasteiger partial charge in [0.2, 0.25) is 5.91 Å². The van der Waals surface area contributed by atoms with Gasteiger partial charge in [-0.15, -0.1) is 0 Å². The summed E-state index contributed by atoms with van der Waals surface area (Å²) in [4.78, 5) is 24.3.